The fourth-order valence-electron chi connectivity index (χ4n) is 4.92. The van der Waals surface area contributed by atoms with Crippen molar-refractivity contribution >= 4 is 45.0 Å². The third kappa shape index (κ3) is 8.02. The summed E-state index contributed by atoms with van der Waals surface area (Å²) >= 11 is 1.31. The zero-order chi connectivity index (χ0) is 29.9. The van der Waals surface area contributed by atoms with Crippen LogP contribution in [-0.2, 0) is 11.0 Å². The van der Waals surface area contributed by atoms with Gasteiger partial charge in [-0.05, 0) is 56.0 Å². The average molecular weight is 630 g/mol. The number of amides is 1. The van der Waals surface area contributed by atoms with E-state index in [4.69, 9.17) is 4.74 Å². The largest absolute Gasteiger partial charge is 0.437 e. The van der Waals surface area contributed by atoms with E-state index in [-0.39, 0.29) is 35.8 Å². The molecule has 226 valence electrons. The predicted molar refractivity (Wildman–Crippen MR) is 165 cm³/mol. The zero-order valence-electron chi connectivity index (χ0n) is 23.9. The highest BCUT2D eigenvalue weighted by atomic mass is 35.5. The maximum Gasteiger partial charge on any atom is 0.416 e. The number of para-hydroxylation sites is 1. The standard InChI is InChI=1S/C31H30F3N5O2S.ClH/c1-19(2)17-39-14-5-4-7-23(39)12-10-21-15-22(31(32,33)34)11-13-24(21)25-16-28(36-18-35-25)41-26-8-6-9-27-29(26)38-30(42-27)37-20(3)40;/h6,8-9,11,13,15-16,18-19,23H,4-5,7,14,17H2,1-3H3,(H,37,38,40);1H. The van der Waals surface area contributed by atoms with Crippen molar-refractivity contribution in [2.24, 2.45) is 5.92 Å². The smallest absolute Gasteiger partial charge is 0.416 e. The second-order valence-corrected chi connectivity index (χ2v) is 11.6. The summed E-state index contributed by atoms with van der Waals surface area (Å²) in [5, 5.41) is 3.12. The van der Waals surface area contributed by atoms with Crippen molar-refractivity contribution in [3.8, 4) is 34.7 Å². The minimum absolute atomic E-state index is 0. The first-order valence-electron chi connectivity index (χ1n) is 13.7. The molecule has 1 amide bonds. The van der Waals surface area contributed by atoms with Crippen LogP contribution in [0.1, 0.15) is 51.2 Å². The number of carbonyl (C=O) groups excluding carboxylic acids is 1. The van der Waals surface area contributed by atoms with E-state index in [0.29, 0.717) is 33.6 Å². The molecular weight excluding hydrogens is 599 g/mol. The molecule has 0 bridgehead atoms. The Labute approximate surface area is 258 Å². The number of nitrogens with one attached hydrogen (secondary N) is 1. The van der Waals surface area contributed by atoms with Gasteiger partial charge in [-0.3, -0.25) is 9.69 Å². The molecule has 0 spiro atoms. The van der Waals surface area contributed by atoms with Crippen molar-refractivity contribution in [3.05, 3.63) is 59.9 Å². The lowest BCUT2D eigenvalue weighted by Crippen LogP contribution is -2.40. The molecule has 1 aliphatic heterocycles. The van der Waals surface area contributed by atoms with Crippen molar-refractivity contribution in [2.45, 2.75) is 52.3 Å². The molecule has 3 heterocycles. The zero-order valence-corrected chi connectivity index (χ0v) is 25.5. The van der Waals surface area contributed by atoms with Gasteiger partial charge in [-0.2, -0.15) is 13.2 Å². The van der Waals surface area contributed by atoms with Crippen molar-refractivity contribution < 1.29 is 22.7 Å². The van der Waals surface area contributed by atoms with Gasteiger partial charge in [0.15, 0.2) is 10.9 Å². The van der Waals surface area contributed by atoms with Crippen LogP contribution in [0.25, 0.3) is 21.5 Å². The number of benzene rings is 2. The fraction of sp³-hybridized carbons (Fsp3) is 0.355. The normalized spacial score (nSPS) is 15.5. The molecule has 0 radical (unpaired) electrons. The highest BCUT2D eigenvalue weighted by Gasteiger charge is 2.31. The van der Waals surface area contributed by atoms with E-state index in [1.54, 1.807) is 18.2 Å². The molecule has 1 aliphatic rings. The minimum atomic E-state index is -4.51. The van der Waals surface area contributed by atoms with Gasteiger partial charge in [0, 0.05) is 30.7 Å². The van der Waals surface area contributed by atoms with E-state index in [0.717, 1.165) is 49.2 Å². The summed E-state index contributed by atoms with van der Waals surface area (Å²) in [6.07, 6.45) is -0.202. The Morgan fingerprint density at radius 1 is 1.19 bits per heavy atom. The van der Waals surface area contributed by atoms with Crippen LogP contribution in [0.2, 0.25) is 0 Å². The number of thiazole rings is 1. The molecule has 0 aliphatic carbocycles. The number of piperidine rings is 1. The Balaban J connectivity index is 0.00000423. The highest BCUT2D eigenvalue weighted by molar-refractivity contribution is 7.22. The number of anilines is 1. The lowest BCUT2D eigenvalue weighted by atomic mass is 9.98. The molecule has 43 heavy (non-hydrogen) atoms. The van der Waals surface area contributed by atoms with Crippen LogP contribution >= 0.6 is 23.7 Å². The van der Waals surface area contributed by atoms with Gasteiger partial charge in [-0.1, -0.05) is 49.2 Å². The van der Waals surface area contributed by atoms with E-state index < -0.39 is 11.7 Å². The van der Waals surface area contributed by atoms with Crippen LogP contribution in [0, 0.1) is 17.8 Å². The van der Waals surface area contributed by atoms with E-state index in [2.05, 4.69) is 50.9 Å². The molecule has 1 saturated heterocycles. The highest BCUT2D eigenvalue weighted by Crippen LogP contribution is 2.36. The molecule has 1 N–H and O–H groups in total. The van der Waals surface area contributed by atoms with Gasteiger partial charge < -0.3 is 10.1 Å². The maximum atomic E-state index is 13.7. The third-order valence-corrected chi connectivity index (χ3v) is 7.67. The topological polar surface area (TPSA) is 80.2 Å². The number of hydrogen-bond donors (Lipinski definition) is 1. The number of halogens is 4. The first kappa shape index (κ1) is 32.2. The Morgan fingerprint density at radius 3 is 2.74 bits per heavy atom. The molecule has 1 fully saturated rings. The van der Waals surface area contributed by atoms with Crippen LogP contribution in [0.4, 0.5) is 18.3 Å². The molecule has 2 aromatic heterocycles. The Hall–Kier alpha value is -3.72. The first-order chi connectivity index (χ1) is 20.1. The van der Waals surface area contributed by atoms with Crippen molar-refractivity contribution in [2.75, 3.05) is 18.4 Å². The summed E-state index contributed by atoms with van der Waals surface area (Å²) in [4.78, 5) is 26.8. The quantitative estimate of drug-likeness (QED) is 0.219. The number of nitrogens with zero attached hydrogens (tertiary/aromatic N) is 4. The number of carbonyl (C=O) groups is 1. The van der Waals surface area contributed by atoms with Crippen LogP contribution in [0.15, 0.2) is 48.8 Å². The van der Waals surface area contributed by atoms with Crippen molar-refractivity contribution in [1.82, 2.24) is 19.9 Å². The molecule has 12 heteroatoms. The summed E-state index contributed by atoms with van der Waals surface area (Å²) < 4.78 is 47.9. The number of ether oxygens (including phenoxy) is 1. The van der Waals surface area contributed by atoms with Crippen LogP contribution in [0.3, 0.4) is 0 Å². The number of alkyl halides is 3. The molecule has 7 nitrogen and oxygen atoms in total. The van der Waals surface area contributed by atoms with Crippen molar-refractivity contribution in [3.63, 3.8) is 0 Å². The predicted octanol–water partition coefficient (Wildman–Crippen LogP) is 7.81. The minimum Gasteiger partial charge on any atom is -0.437 e. The Kier molecular flexibility index (Phi) is 10.3. The lowest BCUT2D eigenvalue weighted by Gasteiger charge is -2.33. The number of hydrogen-bond acceptors (Lipinski definition) is 7. The monoisotopic (exact) mass is 629 g/mol. The number of fused-ring (bicyclic) bond motifs is 1. The third-order valence-electron chi connectivity index (χ3n) is 6.73. The summed E-state index contributed by atoms with van der Waals surface area (Å²) in [5.41, 5.74) is 0.852. The molecule has 2 aromatic carbocycles. The lowest BCUT2D eigenvalue weighted by molar-refractivity contribution is -0.137. The van der Waals surface area contributed by atoms with Gasteiger partial charge in [0.05, 0.1) is 22.0 Å². The molecule has 1 atom stereocenters. The molecular formula is C31H31ClF3N5O2S. The van der Waals surface area contributed by atoms with Crippen LogP contribution in [0.5, 0.6) is 11.6 Å². The second kappa shape index (κ2) is 13.7. The van der Waals surface area contributed by atoms with Gasteiger partial charge in [-0.15, -0.1) is 12.4 Å². The van der Waals surface area contributed by atoms with Gasteiger partial charge in [0.1, 0.15) is 11.8 Å². The molecule has 0 saturated carbocycles. The van der Waals surface area contributed by atoms with Crippen LogP contribution in [-0.4, -0.2) is 44.9 Å². The fourth-order valence-corrected chi connectivity index (χ4v) is 5.84. The number of aromatic nitrogens is 3. The van der Waals surface area contributed by atoms with Gasteiger partial charge in [-0.25, -0.2) is 15.0 Å². The molecule has 1 unspecified atom stereocenters. The summed E-state index contributed by atoms with van der Waals surface area (Å²) in [7, 11) is 0. The van der Waals surface area contributed by atoms with Crippen LogP contribution < -0.4 is 10.1 Å². The van der Waals surface area contributed by atoms with E-state index in [1.807, 2.05) is 6.07 Å². The molecule has 4 aromatic rings. The number of rotatable bonds is 6. The van der Waals surface area contributed by atoms with Gasteiger partial charge >= 0.3 is 6.18 Å². The van der Waals surface area contributed by atoms with Crippen molar-refractivity contribution in [1.29, 1.82) is 0 Å². The molecule has 5 rings (SSSR count). The second-order valence-electron chi connectivity index (χ2n) is 10.6. The van der Waals surface area contributed by atoms with Gasteiger partial charge in [0.25, 0.3) is 0 Å². The summed E-state index contributed by atoms with van der Waals surface area (Å²) in [6.45, 7) is 7.52. The Morgan fingerprint density at radius 2 is 2.00 bits per heavy atom. The Bertz CT molecular complexity index is 1660. The number of likely N-dealkylation sites (tertiary alicyclic amines) is 1. The maximum absolute atomic E-state index is 13.7. The van der Waals surface area contributed by atoms with E-state index in [9.17, 15) is 18.0 Å². The van der Waals surface area contributed by atoms with E-state index in [1.165, 1.54) is 30.7 Å². The first-order valence-corrected chi connectivity index (χ1v) is 14.5. The summed E-state index contributed by atoms with van der Waals surface area (Å²) in [5.74, 6) is 7.18. The van der Waals surface area contributed by atoms with E-state index >= 15 is 0 Å². The SMILES string of the molecule is CC(=O)Nc1nc2c(Oc3cc(-c4ccc(C(F)(F)F)cc4C#CC4CCCCN4CC(C)C)ncn3)cccc2s1.Cl. The summed E-state index contributed by atoms with van der Waals surface area (Å²) in [6, 6.07) is 10.4. The average Bonchev–Trinajstić information content (AvgIpc) is 3.34. The van der Waals surface area contributed by atoms with Gasteiger partial charge in [0.2, 0.25) is 11.8 Å².